The van der Waals surface area contributed by atoms with Gasteiger partial charge in [-0.05, 0) is 30.9 Å². The lowest BCUT2D eigenvalue weighted by Crippen LogP contribution is -2.49. The van der Waals surface area contributed by atoms with Gasteiger partial charge < -0.3 is 10.6 Å². The Balaban J connectivity index is 1.99. The number of amides is 1. The second kappa shape index (κ2) is 7.17. The highest BCUT2D eigenvalue weighted by Gasteiger charge is 2.31. The predicted molar refractivity (Wildman–Crippen MR) is 82.8 cm³/mol. The number of piperidine rings is 1. The molecule has 0 radical (unpaired) electrons. The van der Waals surface area contributed by atoms with Crippen molar-refractivity contribution in [3.8, 4) is 0 Å². The molecule has 0 saturated carbocycles. The van der Waals surface area contributed by atoms with Gasteiger partial charge in [0, 0.05) is 25.1 Å². The van der Waals surface area contributed by atoms with Gasteiger partial charge in [-0.15, -0.1) is 0 Å². The molecule has 1 heterocycles. The highest BCUT2D eigenvalue weighted by Crippen LogP contribution is 2.24. The van der Waals surface area contributed by atoms with Gasteiger partial charge in [0.05, 0.1) is 11.6 Å². The van der Waals surface area contributed by atoms with Crippen molar-refractivity contribution in [2.45, 2.75) is 32.7 Å². The third-order valence-corrected chi connectivity index (χ3v) is 4.38. The van der Waals surface area contributed by atoms with Crippen molar-refractivity contribution < 1.29 is 18.4 Å². The van der Waals surface area contributed by atoms with Crippen LogP contribution < -0.4 is 5.73 Å². The number of nitrogens with two attached hydrogens (primary N) is 1. The number of hydrogen-bond acceptors (Lipinski definition) is 3. The molecular formula is C17H22F2N2O2. The number of Topliss-reactive ketones (excluding diaryl/α,β-unsaturated/α-hetero) is 1. The first-order chi connectivity index (χ1) is 10.8. The molecule has 1 fully saturated rings. The van der Waals surface area contributed by atoms with Crippen molar-refractivity contribution in [2.75, 3.05) is 13.1 Å². The van der Waals surface area contributed by atoms with Crippen LogP contribution in [0.1, 0.15) is 37.0 Å². The number of carbonyl (C=O) groups excluding carboxylic acids is 2. The van der Waals surface area contributed by atoms with E-state index in [0.717, 1.165) is 6.07 Å². The summed E-state index contributed by atoms with van der Waals surface area (Å²) in [5.74, 6) is -2.29. The molecule has 0 unspecified atom stereocenters. The Kier molecular flexibility index (Phi) is 5.46. The highest BCUT2D eigenvalue weighted by atomic mass is 19.1. The van der Waals surface area contributed by atoms with Crippen LogP contribution in [0.2, 0.25) is 0 Å². The average molecular weight is 324 g/mol. The van der Waals surface area contributed by atoms with Gasteiger partial charge in [0.15, 0.2) is 5.78 Å². The van der Waals surface area contributed by atoms with E-state index in [4.69, 9.17) is 5.73 Å². The second-order valence-electron chi connectivity index (χ2n) is 6.36. The number of likely N-dealkylation sites (tertiary alicyclic amines) is 1. The molecule has 2 rings (SSSR count). The molecule has 6 heteroatoms. The summed E-state index contributed by atoms with van der Waals surface area (Å²) in [6, 6.07) is 2.43. The van der Waals surface area contributed by atoms with Gasteiger partial charge in [-0.1, -0.05) is 13.8 Å². The molecule has 0 aromatic heterocycles. The van der Waals surface area contributed by atoms with Crippen molar-refractivity contribution in [3.05, 3.63) is 35.4 Å². The largest absolute Gasteiger partial charge is 0.341 e. The van der Waals surface area contributed by atoms with Gasteiger partial charge in [-0.3, -0.25) is 9.59 Å². The van der Waals surface area contributed by atoms with Crippen molar-refractivity contribution in [1.29, 1.82) is 0 Å². The van der Waals surface area contributed by atoms with E-state index in [0.29, 0.717) is 32.0 Å². The number of hydrogen-bond donors (Lipinski definition) is 1. The van der Waals surface area contributed by atoms with E-state index < -0.39 is 17.7 Å². The first-order valence-electron chi connectivity index (χ1n) is 7.85. The van der Waals surface area contributed by atoms with E-state index in [9.17, 15) is 18.4 Å². The van der Waals surface area contributed by atoms with Crippen molar-refractivity contribution in [3.63, 3.8) is 0 Å². The number of benzene rings is 1. The summed E-state index contributed by atoms with van der Waals surface area (Å²) < 4.78 is 26.6. The Morgan fingerprint density at radius 2 is 1.83 bits per heavy atom. The molecule has 2 N–H and O–H groups in total. The van der Waals surface area contributed by atoms with Gasteiger partial charge in [-0.25, -0.2) is 8.78 Å². The van der Waals surface area contributed by atoms with Gasteiger partial charge in [0.1, 0.15) is 11.6 Å². The normalized spacial score (nSPS) is 17.4. The van der Waals surface area contributed by atoms with Crippen LogP contribution in [0, 0.1) is 23.5 Å². The maximum atomic E-state index is 13.7. The number of ketones is 1. The molecule has 1 saturated heterocycles. The third kappa shape index (κ3) is 3.93. The summed E-state index contributed by atoms with van der Waals surface area (Å²) in [6.07, 6.45) is 0.929. The lowest BCUT2D eigenvalue weighted by molar-refractivity contribution is -0.134. The standard InChI is InChI=1S/C17H22F2N2O2/c1-10(2)15(20)17(23)21-7-5-11(6-8-21)16(22)13-4-3-12(18)9-14(13)19/h3-4,9-11,15H,5-8,20H2,1-2H3/t15-/m0/s1. The molecule has 1 atom stereocenters. The van der Waals surface area contributed by atoms with Crippen LogP contribution in [0.15, 0.2) is 18.2 Å². The minimum absolute atomic E-state index is 0.0511. The van der Waals surface area contributed by atoms with Crippen LogP contribution in [0.4, 0.5) is 8.78 Å². The number of rotatable bonds is 4. The Morgan fingerprint density at radius 1 is 1.22 bits per heavy atom. The molecule has 1 amide bonds. The van der Waals surface area contributed by atoms with Crippen LogP contribution in [-0.2, 0) is 4.79 Å². The quantitative estimate of drug-likeness (QED) is 0.865. The molecule has 0 bridgehead atoms. The second-order valence-corrected chi connectivity index (χ2v) is 6.36. The molecule has 1 aliphatic rings. The van der Waals surface area contributed by atoms with Gasteiger partial charge in [0.2, 0.25) is 5.91 Å². The maximum Gasteiger partial charge on any atom is 0.239 e. The summed E-state index contributed by atoms with van der Waals surface area (Å²) in [7, 11) is 0. The smallest absolute Gasteiger partial charge is 0.239 e. The topological polar surface area (TPSA) is 63.4 Å². The number of carbonyl (C=O) groups is 2. The van der Waals surface area contributed by atoms with Crippen molar-refractivity contribution in [2.24, 2.45) is 17.6 Å². The van der Waals surface area contributed by atoms with Crippen LogP contribution in [0.25, 0.3) is 0 Å². The minimum Gasteiger partial charge on any atom is -0.341 e. The first-order valence-corrected chi connectivity index (χ1v) is 7.85. The summed E-state index contributed by atoms with van der Waals surface area (Å²) in [5.41, 5.74) is 5.78. The zero-order valence-electron chi connectivity index (χ0n) is 13.4. The zero-order valence-corrected chi connectivity index (χ0v) is 13.4. The molecule has 4 nitrogen and oxygen atoms in total. The van der Waals surface area contributed by atoms with E-state index in [2.05, 4.69) is 0 Å². The van der Waals surface area contributed by atoms with Crippen molar-refractivity contribution >= 4 is 11.7 Å². The van der Waals surface area contributed by atoms with Crippen LogP contribution in [0.3, 0.4) is 0 Å². The van der Waals surface area contributed by atoms with Crippen LogP contribution in [-0.4, -0.2) is 35.7 Å². The molecular weight excluding hydrogens is 302 g/mol. The van der Waals surface area contributed by atoms with E-state index in [1.54, 1.807) is 4.90 Å². The summed E-state index contributed by atoms with van der Waals surface area (Å²) in [6.45, 7) is 4.63. The number of halogens is 2. The summed E-state index contributed by atoms with van der Waals surface area (Å²) >= 11 is 0. The van der Waals surface area contributed by atoms with Gasteiger partial charge >= 0.3 is 0 Å². The van der Waals surface area contributed by atoms with E-state index in [-0.39, 0.29) is 29.1 Å². The SMILES string of the molecule is CC(C)[C@H](N)C(=O)N1CCC(C(=O)c2ccc(F)cc2F)CC1. The van der Waals surface area contributed by atoms with E-state index in [1.807, 2.05) is 13.8 Å². The Hall–Kier alpha value is -1.82. The van der Waals surface area contributed by atoms with E-state index >= 15 is 0 Å². The van der Waals surface area contributed by atoms with Gasteiger partial charge in [0.25, 0.3) is 0 Å². The molecule has 23 heavy (non-hydrogen) atoms. The number of nitrogens with zero attached hydrogens (tertiary/aromatic N) is 1. The Morgan fingerprint density at radius 3 is 2.35 bits per heavy atom. The Labute approximate surface area is 134 Å². The van der Waals surface area contributed by atoms with Crippen LogP contribution in [0.5, 0.6) is 0 Å². The average Bonchev–Trinajstić information content (AvgIpc) is 2.53. The third-order valence-electron chi connectivity index (χ3n) is 4.38. The van der Waals surface area contributed by atoms with Crippen LogP contribution >= 0.6 is 0 Å². The first kappa shape index (κ1) is 17.5. The summed E-state index contributed by atoms with van der Waals surface area (Å²) in [4.78, 5) is 26.2. The van der Waals surface area contributed by atoms with Gasteiger partial charge in [-0.2, -0.15) is 0 Å². The van der Waals surface area contributed by atoms with Crippen molar-refractivity contribution in [1.82, 2.24) is 4.90 Å². The zero-order chi connectivity index (χ0) is 17.1. The fourth-order valence-electron chi connectivity index (χ4n) is 2.77. The van der Waals surface area contributed by atoms with E-state index in [1.165, 1.54) is 6.07 Å². The predicted octanol–water partition coefficient (Wildman–Crippen LogP) is 2.37. The monoisotopic (exact) mass is 324 g/mol. The molecule has 0 spiro atoms. The highest BCUT2D eigenvalue weighted by molar-refractivity contribution is 5.98. The Bertz CT molecular complexity index is 596. The molecule has 126 valence electrons. The minimum atomic E-state index is -0.838. The maximum absolute atomic E-state index is 13.7. The molecule has 0 aliphatic carbocycles. The summed E-state index contributed by atoms with van der Waals surface area (Å²) in [5, 5.41) is 0. The lowest BCUT2D eigenvalue weighted by atomic mass is 9.88. The molecule has 1 aliphatic heterocycles. The molecule has 1 aromatic carbocycles. The molecule has 1 aromatic rings. The fourth-order valence-corrected chi connectivity index (χ4v) is 2.77. The lowest BCUT2D eigenvalue weighted by Gasteiger charge is -2.33. The fraction of sp³-hybridized carbons (Fsp3) is 0.529.